The van der Waals surface area contributed by atoms with Crippen molar-refractivity contribution in [3.8, 4) is 11.5 Å². The van der Waals surface area contributed by atoms with Crippen molar-refractivity contribution in [3.63, 3.8) is 0 Å². The average Bonchev–Trinajstić information content (AvgIpc) is 3.25. The molecule has 3 heterocycles. The molecule has 11 heteroatoms. The maximum absolute atomic E-state index is 12.9. The van der Waals surface area contributed by atoms with Gasteiger partial charge in [0.25, 0.3) is 5.56 Å². The highest BCUT2D eigenvalue weighted by atomic mass is 32.1. The van der Waals surface area contributed by atoms with E-state index in [2.05, 4.69) is 20.2 Å². The van der Waals surface area contributed by atoms with Gasteiger partial charge in [0, 0.05) is 25.2 Å². The van der Waals surface area contributed by atoms with Gasteiger partial charge in [-0.2, -0.15) is 4.98 Å². The summed E-state index contributed by atoms with van der Waals surface area (Å²) in [5.74, 6) is 0.832. The molecule has 1 aromatic carbocycles. The number of benzene rings is 1. The second kappa shape index (κ2) is 9.31. The first kappa shape index (κ1) is 21.1. The number of thiazole rings is 1. The Balaban J connectivity index is 1.46. The first-order valence-electron chi connectivity index (χ1n) is 9.76. The molecule has 1 N–H and O–H groups in total. The van der Waals surface area contributed by atoms with Crippen molar-refractivity contribution in [3.05, 3.63) is 40.4 Å². The molecular weight excluding hydrogens is 422 g/mol. The van der Waals surface area contributed by atoms with E-state index in [-0.39, 0.29) is 24.6 Å². The number of rotatable bonds is 7. The van der Waals surface area contributed by atoms with Crippen LogP contribution in [0.3, 0.4) is 0 Å². The van der Waals surface area contributed by atoms with Crippen molar-refractivity contribution < 1.29 is 19.0 Å². The highest BCUT2D eigenvalue weighted by Gasteiger charge is 2.19. The minimum atomic E-state index is -0.314. The molecule has 3 aromatic rings. The molecule has 4 rings (SSSR count). The minimum absolute atomic E-state index is 0.140. The molecule has 0 saturated carbocycles. The van der Waals surface area contributed by atoms with Gasteiger partial charge in [-0.1, -0.05) is 23.5 Å². The zero-order valence-corrected chi connectivity index (χ0v) is 18.1. The lowest BCUT2D eigenvalue weighted by molar-refractivity contribution is -0.121. The number of hydrogen-bond donors (Lipinski definition) is 1. The van der Waals surface area contributed by atoms with Gasteiger partial charge in [-0.25, -0.2) is 4.98 Å². The predicted octanol–water partition coefficient (Wildman–Crippen LogP) is 1.02. The first-order valence-corrected chi connectivity index (χ1v) is 10.6. The fourth-order valence-electron chi connectivity index (χ4n) is 3.34. The highest BCUT2D eigenvalue weighted by molar-refractivity contribution is 7.22. The van der Waals surface area contributed by atoms with E-state index in [1.54, 1.807) is 20.3 Å². The quantitative estimate of drug-likeness (QED) is 0.575. The molecular formula is C20H23N5O5S. The van der Waals surface area contributed by atoms with E-state index in [1.807, 2.05) is 12.1 Å². The molecule has 0 bridgehead atoms. The van der Waals surface area contributed by atoms with Crippen LogP contribution in [0.4, 0.5) is 5.13 Å². The summed E-state index contributed by atoms with van der Waals surface area (Å²) in [6.07, 6.45) is 1.36. The van der Waals surface area contributed by atoms with Crippen molar-refractivity contribution in [1.82, 2.24) is 19.9 Å². The number of amides is 1. The molecule has 0 unspecified atom stereocenters. The van der Waals surface area contributed by atoms with Crippen LogP contribution in [0.2, 0.25) is 0 Å². The van der Waals surface area contributed by atoms with Gasteiger partial charge in [-0.3, -0.25) is 14.2 Å². The average molecular weight is 446 g/mol. The molecule has 164 valence electrons. The number of fused-ring (bicyclic) bond motifs is 1. The summed E-state index contributed by atoms with van der Waals surface area (Å²) >= 11 is 1.29. The fraction of sp³-hybridized carbons (Fsp3) is 0.400. The van der Waals surface area contributed by atoms with Gasteiger partial charge in [0.1, 0.15) is 17.6 Å². The number of aromatic nitrogens is 3. The summed E-state index contributed by atoms with van der Waals surface area (Å²) in [5, 5.41) is 3.55. The number of para-hydroxylation sites is 1. The zero-order valence-electron chi connectivity index (χ0n) is 17.3. The predicted molar refractivity (Wildman–Crippen MR) is 116 cm³/mol. The SMILES string of the molecule is COc1cccc(CNC(=O)Cn2cnc3nc(N4CCOCC4)sc3c2=O)c1OC. The summed E-state index contributed by atoms with van der Waals surface area (Å²) in [6, 6.07) is 5.44. The van der Waals surface area contributed by atoms with Gasteiger partial charge < -0.3 is 24.4 Å². The van der Waals surface area contributed by atoms with Crippen LogP contribution in [0, 0.1) is 0 Å². The van der Waals surface area contributed by atoms with E-state index in [0.717, 1.165) is 23.8 Å². The van der Waals surface area contributed by atoms with Crippen LogP contribution in [0.15, 0.2) is 29.3 Å². The molecule has 0 atom stereocenters. The molecule has 10 nitrogen and oxygen atoms in total. The summed E-state index contributed by atoms with van der Waals surface area (Å²) in [7, 11) is 3.10. The van der Waals surface area contributed by atoms with Crippen LogP contribution in [0.25, 0.3) is 10.3 Å². The number of nitrogens with zero attached hydrogens (tertiary/aromatic N) is 4. The largest absolute Gasteiger partial charge is 0.493 e. The fourth-order valence-corrected chi connectivity index (χ4v) is 4.36. The van der Waals surface area contributed by atoms with Crippen molar-refractivity contribution in [2.24, 2.45) is 0 Å². The minimum Gasteiger partial charge on any atom is -0.493 e. The van der Waals surface area contributed by atoms with Crippen molar-refractivity contribution in [2.75, 3.05) is 45.4 Å². The van der Waals surface area contributed by atoms with Gasteiger partial charge >= 0.3 is 0 Å². The van der Waals surface area contributed by atoms with E-state index in [0.29, 0.717) is 35.1 Å². The Labute approximate surface area is 182 Å². The maximum atomic E-state index is 12.9. The Morgan fingerprint density at radius 2 is 2.06 bits per heavy atom. The van der Waals surface area contributed by atoms with E-state index in [1.165, 1.54) is 22.2 Å². The highest BCUT2D eigenvalue weighted by Crippen LogP contribution is 2.30. The summed E-state index contributed by atoms with van der Waals surface area (Å²) in [4.78, 5) is 36.1. The Morgan fingerprint density at radius 1 is 1.26 bits per heavy atom. The van der Waals surface area contributed by atoms with Gasteiger partial charge in [-0.15, -0.1) is 0 Å². The number of carbonyl (C=O) groups is 1. The lowest BCUT2D eigenvalue weighted by Gasteiger charge is -2.25. The molecule has 1 amide bonds. The van der Waals surface area contributed by atoms with Crippen LogP contribution in [-0.4, -0.2) is 61.0 Å². The van der Waals surface area contributed by atoms with Crippen molar-refractivity contribution in [1.29, 1.82) is 0 Å². The third kappa shape index (κ3) is 4.47. The molecule has 31 heavy (non-hydrogen) atoms. The monoisotopic (exact) mass is 445 g/mol. The number of anilines is 1. The smallest absolute Gasteiger partial charge is 0.273 e. The lowest BCUT2D eigenvalue weighted by Crippen LogP contribution is -2.36. The van der Waals surface area contributed by atoms with Gasteiger partial charge in [0.15, 0.2) is 22.3 Å². The van der Waals surface area contributed by atoms with Crippen molar-refractivity contribution in [2.45, 2.75) is 13.1 Å². The van der Waals surface area contributed by atoms with E-state index in [9.17, 15) is 9.59 Å². The Kier molecular flexibility index (Phi) is 6.33. The van der Waals surface area contributed by atoms with Crippen LogP contribution in [-0.2, 0) is 22.6 Å². The second-order valence-corrected chi connectivity index (χ2v) is 7.83. The first-order chi connectivity index (χ1) is 15.1. The summed E-state index contributed by atoms with van der Waals surface area (Å²) < 4.78 is 17.7. The van der Waals surface area contributed by atoms with Crippen LogP contribution < -0.4 is 25.2 Å². The van der Waals surface area contributed by atoms with E-state index < -0.39 is 0 Å². The third-order valence-corrected chi connectivity index (χ3v) is 6.02. The molecule has 1 aliphatic rings. The summed E-state index contributed by atoms with van der Waals surface area (Å²) in [5.41, 5.74) is 0.888. The van der Waals surface area contributed by atoms with E-state index >= 15 is 0 Å². The molecule has 2 aromatic heterocycles. The lowest BCUT2D eigenvalue weighted by atomic mass is 10.2. The van der Waals surface area contributed by atoms with Crippen molar-refractivity contribution >= 4 is 32.7 Å². The third-order valence-electron chi connectivity index (χ3n) is 4.93. The van der Waals surface area contributed by atoms with Crippen LogP contribution in [0.5, 0.6) is 11.5 Å². The topological polar surface area (TPSA) is 108 Å². The number of methoxy groups -OCH3 is 2. The zero-order chi connectivity index (χ0) is 21.8. The normalized spacial score (nSPS) is 13.9. The number of carbonyl (C=O) groups excluding carboxylic acids is 1. The maximum Gasteiger partial charge on any atom is 0.273 e. The Bertz CT molecular complexity index is 1140. The second-order valence-electron chi connectivity index (χ2n) is 6.86. The standard InChI is InChI=1S/C20H23N5O5S/c1-28-14-5-3-4-13(16(14)29-2)10-21-15(26)11-25-12-22-18-17(19(25)27)31-20(23-18)24-6-8-30-9-7-24/h3-5,12H,6-11H2,1-2H3,(H,21,26). The van der Waals surface area contributed by atoms with Crippen LogP contribution in [0.1, 0.15) is 5.56 Å². The molecule has 0 aliphatic carbocycles. The molecule has 1 saturated heterocycles. The number of nitrogens with one attached hydrogen (secondary N) is 1. The molecule has 1 aliphatic heterocycles. The van der Waals surface area contributed by atoms with Gasteiger partial charge in [0.2, 0.25) is 5.91 Å². The number of morpholine rings is 1. The Morgan fingerprint density at radius 3 is 2.81 bits per heavy atom. The van der Waals surface area contributed by atoms with Crippen LogP contribution >= 0.6 is 11.3 Å². The number of hydrogen-bond acceptors (Lipinski definition) is 9. The number of ether oxygens (including phenoxy) is 3. The van der Waals surface area contributed by atoms with Gasteiger partial charge in [0.05, 0.1) is 27.4 Å². The Hall–Kier alpha value is -3.18. The molecule has 1 fully saturated rings. The summed E-state index contributed by atoms with van der Waals surface area (Å²) in [6.45, 7) is 2.82. The molecule has 0 radical (unpaired) electrons. The van der Waals surface area contributed by atoms with Gasteiger partial charge in [-0.05, 0) is 6.07 Å². The molecule has 0 spiro atoms. The van der Waals surface area contributed by atoms with E-state index in [4.69, 9.17) is 14.2 Å².